The SMILES string of the molecule is CN=C(NCCCOC1CCCCC1)NCCCN(C)CCOC.I. The number of hydrogen-bond acceptors (Lipinski definition) is 4. The Kier molecular flexibility index (Phi) is 17.2. The molecular weight excluding hydrogens is 431 g/mol. The van der Waals surface area contributed by atoms with Crippen LogP contribution in [0.25, 0.3) is 0 Å². The van der Waals surface area contributed by atoms with Crippen molar-refractivity contribution in [2.75, 3.05) is 60.6 Å². The van der Waals surface area contributed by atoms with Gasteiger partial charge in [0.1, 0.15) is 0 Å². The summed E-state index contributed by atoms with van der Waals surface area (Å²) in [4.78, 5) is 6.54. The summed E-state index contributed by atoms with van der Waals surface area (Å²) >= 11 is 0. The van der Waals surface area contributed by atoms with E-state index in [-0.39, 0.29) is 24.0 Å². The first-order valence-electron chi connectivity index (χ1n) is 9.50. The van der Waals surface area contributed by atoms with Crippen LogP contribution in [0.2, 0.25) is 0 Å². The van der Waals surface area contributed by atoms with Crippen LogP contribution in [0.4, 0.5) is 0 Å². The Hall–Kier alpha value is -0.120. The second-order valence-electron chi connectivity index (χ2n) is 6.56. The molecule has 0 unspecified atom stereocenters. The number of halogens is 1. The van der Waals surface area contributed by atoms with Gasteiger partial charge in [0.25, 0.3) is 0 Å². The van der Waals surface area contributed by atoms with Gasteiger partial charge in [0, 0.05) is 40.4 Å². The van der Waals surface area contributed by atoms with E-state index < -0.39 is 0 Å². The average molecular weight is 470 g/mol. The maximum atomic E-state index is 5.94. The van der Waals surface area contributed by atoms with E-state index in [0.29, 0.717) is 6.10 Å². The molecule has 0 bridgehead atoms. The molecule has 1 fully saturated rings. The largest absolute Gasteiger partial charge is 0.383 e. The van der Waals surface area contributed by atoms with Gasteiger partial charge in [-0.25, -0.2) is 0 Å². The molecule has 7 heteroatoms. The summed E-state index contributed by atoms with van der Waals surface area (Å²) in [6, 6.07) is 0. The van der Waals surface area contributed by atoms with Crippen LogP contribution in [0.5, 0.6) is 0 Å². The van der Waals surface area contributed by atoms with Crippen molar-refractivity contribution in [2.24, 2.45) is 4.99 Å². The maximum Gasteiger partial charge on any atom is 0.190 e. The zero-order chi connectivity index (χ0) is 17.5. The van der Waals surface area contributed by atoms with Gasteiger partial charge in [0.05, 0.1) is 12.7 Å². The molecule has 0 aromatic rings. The molecule has 1 aliphatic rings. The summed E-state index contributed by atoms with van der Waals surface area (Å²) in [5.74, 6) is 0.882. The molecule has 25 heavy (non-hydrogen) atoms. The molecule has 0 atom stereocenters. The number of methoxy groups -OCH3 is 1. The molecule has 0 aromatic heterocycles. The van der Waals surface area contributed by atoms with Gasteiger partial charge in [-0.05, 0) is 39.3 Å². The molecule has 6 nitrogen and oxygen atoms in total. The van der Waals surface area contributed by atoms with Crippen LogP contribution in [0.1, 0.15) is 44.9 Å². The highest BCUT2D eigenvalue weighted by Crippen LogP contribution is 2.20. The summed E-state index contributed by atoms with van der Waals surface area (Å²) in [6.45, 7) is 5.50. The Morgan fingerprint density at radius 3 is 2.36 bits per heavy atom. The fourth-order valence-electron chi connectivity index (χ4n) is 2.90. The van der Waals surface area contributed by atoms with Gasteiger partial charge in [0.15, 0.2) is 5.96 Å². The summed E-state index contributed by atoms with van der Waals surface area (Å²) in [5, 5.41) is 6.72. The van der Waals surface area contributed by atoms with Gasteiger partial charge in [-0.15, -0.1) is 24.0 Å². The topological polar surface area (TPSA) is 58.1 Å². The van der Waals surface area contributed by atoms with Crippen LogP contribution in [-0.4, -0.2) is 77.6 Å². The molecule has 1 rings (SSSR count). The lowest BCUT2D eigenvalue weighted by Crippen LogP contribution is -2.39. The first kappa shape index (κ1) is 24.9. The quantitative estimate of drug-likeness (QED) is 0.199. The van der Waals surface area contributed by atoms with Gasteiger partial charge < -0.3 is 25.0 Å². The molecule has 150 valence electrons. The van der Waals surface area contributed by atoms with E-state index in [4.69, 9.17) is 9.47 Å². The van der Waals surface area contributed by atoms with Crippen LogP contribution in [-0.2, 0) is 9.47 Å². The number of nitrogens with zero attached hydrogens (tertiary/aromatic N) is 2. The molecule has 2 N–H and O–H groups in total. The molecular formula is C18H39IN4O2. The van der Waals surface area contributed by atoms with E-state index in [1.165, 1.54) is 32.1 Å². The van der Waals surface area contributed by atoms with Crippen molar-refractivity contribution in [2.45, 2.75) is 51.0 Å². The Morgan fingerprint density at radius 1 is 1.04 bits per heavy atom. The molecule has 0 aliphatic heterocycles. The molecule has 0 heterocycles. The second-order valence-corrected chi connectivity index (χ2v) is 6.56. The lowest BCUT2D eigenvalue weighted by Gasteiger charge is -2.22. The predicted octanol–water partition coefficient (Wildman–Crippen LogP) is 2.48. The van der Waals surface area contributed by atoms with E-state index in [1.807, 2.05) is 7.05 Å². The van der Waals surface area contributed by atoms with E-state index in [9.17, 15) is 0 Å². The summed E-state index contributed by atoms with van der Waals surface area (Å²) < 4.78 is 11.0. The van der Waals surface area contributed by atoms with Crippen molar-refractivity contribution in [1.82, 2.24) is 15.5 Å². The third kappa shape index (κ3) is 13.7. The molecule has 0 radical (unpaired) electrons. The molecule has 0 aromatic carbocycles. The minimum absolute atomic E-state index is 0. The number of ether oxygens (including phenoxy) is 2. The number of hydrogen-bond donors (Lipinski definition) is 2. The van der Waals surface area contributed by atoms with Gasteiger partial charge in [0.2, 0.25) is 0 Å². The lowest BCUT2D eigenvalue weighted by atomic mass is 9.98. The van der Waals surface area contributed by atoms with Gasteiger partial charge in [-0.3, -0.25) is 4.99 Å². The number of nitrogens with one attached hydrogen (secondary N) is 2. The highest BCUT2D eigenvalue weighted by molar-refractivity contribution is 14.0. The standard InChI is InChI=1S/C18H38N4O2.HI/c1-19-18(20-11-7-13-22(2)14-16-23-3)21-12-8-15-24-17-9-5-4-6-10-17;/h17H,4-16H2,1-3H3,(H2,19,20,21);1H. The Balaban J connectivity index is 0.00000576. The molecule has 0 amide bonds. The Morgan fingerprint density at radius 2 is 1.72 bits per heavy atom. The minimum atomic E-state index is 0. The van der Waals surface area contributed by atoms with Crippen molar-refractivity contribution in [3.05, 3.63) is 0 Å². The summed E-state index contributed by atoms with van der Waals surface area (Å²) in [5.41, 5.74) is 0. The van der Waals surface area contributed by atoms with Crippen LogP contribution >= 0.6 is 24.0 Å². The Bertz CT molecular complexity index is 326. The number of likely N-dealkylation sites (N-methyl/N-ethyl adjacent to an activating group) is 1. The van der Waals surface area contributed by atoms with Crippen molar-refractivity contribution >= 4 is 29.9 Å². The monoisotopic (exact) mass is 470 g/mol. The van der Waals surface area contributed by atoms with E-state index in [2.05, 4.69) is 27.6 Å². The molecule has 0 saturated heterocycles. The predicted molar refractivity (Wildman–Crippen MR) is 116 cm³/mol. The summed E-state index contributed by atoms with van der Waals surface area (Å²) in [7, 11) is 5.68. The average Bonchev–Trinajstić information content (AvgIpc) is 2.62. The van der Waals surface area contributed by atoms with E-state index in [1.54, 1.807) is 7.11 Å². The summed E-state index contributed by atoms with van der Waals surface area (Å²) in [6.07, 6.45) is 9.16. The van der Waals surface area contributed by atoms with Crippen LogP contribution in [0.15, 0.2) is 4.99 Å². The van der Waals surface area contributed by atoms with Crippen LogP contribution in [0.3, 0.4) is 0 Å². The third-order valence-electron chi connectivity index (χ3n) is 4.43. The smallest absolute Gasteiger partial charge is 0.190 e. The van der Waals surface area contributed by atoms with E-state index >= 15 is 0 Å². The second kappa shape index (κ2) is 17.3. The Labute approximate surface area is 171 Å². The van der Waals surface area contributed by atoms with Gasteiger partial charge in [-0.2, -0.15) is 0 Å². The van der Waals surface area contributed by atoms with Crippen LogP contribution in [0, 0.1) is 0 Å². The normalized spacial score (nSPS) is 15.9. The maximum absolute atomic E-state index is 5.94. The first-order chi connectivity index (χ1) is 11.8. The van der Waals surface area contributed by atoms with Gasteiger partial charge >= 0.3 is 0 Å². The van der Waals surface area contributed by atoms with Crippen LogP contribution < -0.4 is 10.6 Å². The van der Waals surface area contributed by atoms with Crippen molar-refractivity contribution in [3.63, 3.8) is 0 Å². The molecule has 1 aliphatic carbocycles. The van der Waals surface area contributed by atoms with E-state index in [0.717, 1.165) is 58.2 Å². The minimum Gasteiger partial charge on any atom is -0.383 e. The van der Waals surface area contributed by atoms with Gasteiger partial charge in [-0.1, -0.05) is 19.3 Å². The zero-order valence-electron chi connectivity index (χ0n) is 16.4. The number of aliphatic imine (C=N–C) groups is 1. The number of guanidine groups is 1. The highest BCUT2D eigenvalue weighted by Gasteiger charge is 2.12. The highest BCUT2D eigenvalue weighted by atomic mass is 127. The van der Waals surface area contributed by atoms with Crippen molar-refractivity contribution < 1.29 is 9.47 Å². The zero-order valence-corrected chi connectivity index (χ0v) is 18.7. The lowest BCUT2D eigenvalue weighted by molar-refractivity contribution is 0.0277. The third-order valence-corrected chi connectivity index (χ3v) is 4.43. The first-order valence-corrected chi connectivity index (χ1v) is 9.50. The fourth-order valence-corrected chi connectivity index (χ4v) is 2.90. The fraction of sp³-hybridized carbons (Fsp3) is 0.944. The molecule has 0 spiro atoms. The van der Waals surface area contributed by atoms with Crippen molar-refractivity contribution in [3.8, 4) is 0 Å². The number of rotatable bonds is 12. The van der Waals surface area contributed by atoms with Crippen molar-refractivity contribution in [1.29, 1.82) is 0 Å². The molecule has 1 saturated carbocycles.